The molecule has 26 heavy (non-hydrogen) atoms. The third-order valence-corrected chi connectivity index (χ3v) is 6.74. The number of ether oxygens (including phenoxy) is 1. The molecule has 0 spiro atoms. The molecule has 134 valence electrons. The fraction of sp³-hybridized carbons (Fsp3) is 0.300. The highest BCUT2D eigenvalue weighted by atomic mass is 32.2. The molecule has 1 aliphatic carbocycles. The Morgan fingerprint density at radius 2 is 2.08 bits per heavy atom. The van der Waals surface area contributed by atoms with Gasteiger partial charge in [0.1, 0.15) is 10.6 Å². The van der Waals surface area contributed by atoms with E-state index >= 15 is 0 Å². The fourth-order valence-corrected chi connectivity index (χ4v) is 5.43. The second kappa shape index (κ2) is 7.29. The van der Waals surface area contributed by atoms with E-state index in [-0.39, 0.29) is 5.56 Å². The molecule has 0 N–H and O–H groups in total. The van der Waals surface area contributed by atoms with E-state index < -0.39 is 0 Å². The smallest absolute Gasteiger partial charge is 0.267 e. The van der Waals surface area contributed by atoms with Gasteiger partial charge in [-0.2, -0.15) is 0 Å². The summed E-state index contributed by atoms with van der Waals surface area (Å²) in [6.45, 7) is 3.79. The minimum Gasteiger partial charge on any atom is -0.497 e. The van der Waals surface area contributed by atoms with Crippen LogP contribution in [0.3, 0.4) is 0 Å². The van der Waals surface area contributed by atoms with E-state index in [4.69, 9.17) is 9.72 Å². The standard InChI is InChI=1S/C20H20N2O2S2/c1-3-12-25-20-21-18-17(15-6-4-5-7-16(15)26-18)19(23)22(20)13-8-10-14(24-2)11-9-13/h3,8-11H,1,4-7,12H2,2H3. The zero-order valence-electron chi connectivity index (χ0n) is 14.7. The molecule has 0 atom stereocenters. The van der Waals surface area contributed by atoms with Crippen LogP contribution in [0.1, 0.15) is 23.3 Å². The van der Waals surface area contributed by atoms with Gasteiger partial charge < -0.3 is 4.74 Å². The quantitative estimate of drug-likeness (QED) is 0.366. The van der Waals surface area contributed by atoms with E-state index in [0.717, 1.165) is 40.9 Å². The number of hydrogen-bond acceptors (Lipinski definition) is 5. The topological polar surface area (TPSA) is 44.1 Å². The van der Waals surface area contributed by atoms with Crippen molar-refractivity contribution in [3.05, 3.63) is 57.7 Å². The van der Waals surface area contributed by atoms with Crippen molar-refractivity contribution in [3.8, 4) is 11.4 Å². The van der Waals surface area contributed by atoms with E-state index in [0.29, 0.717) is 10.9 Å². The highest BCUT2D eigenvalue weighted by Crippen LogP contribution is 2.35. The number of fused-ring (bicyclic) bond motifs is 3. The van der Waals surface area contributed by atoms with Crippen LogP contribution in [0.25, 0.3) is 15.9 Å². The first-order chi connectivity index (χ1) is 12.7. The van der Waals surface area contributed by atoms with Crippen LogP contribution in [0, 0.1) is 0 Å². The Labute approximate surface area is 160 Å². The van der Waals surface area contributed by atoms with E-state index in [1.54, 1.807) is 23.0 Å². The van der Waals surface area contributed by atoms with Crippen LogP contribution in [0.5, 0.6) is 5.75 Å². The molecule has 0 aliphatic heterocycles. The summed E-state index contributed by atoms with van der Waals surface area (Å²) in [5.74, 6) is 1.48. The van der Waals surface area contributed by atoms with Crippen molar-refractivity contribution in [1.82, 2.24) is 9.55 Å². The van der Waals surface area contributed by atoms with Crippen LogP contribution in [0.4, 0.5) is 0 Å². The SMILES string of the molecule is C=CCSc1nc2sc3c(c2c(=O)n1-c1ccc(OC)cc1)CCCC3. The number of rotatable bonds is 5. The summed E-state index contributed by atoms with van der Waals surface area (Å²) in [6, 6.07) is 7.56. The van der Waals surface area contributed by atoms with E-state index in [1.165, 1.54) is 28.6 Å². The summed E-state index contributed by atoms with van der Waals surface area (Å²) in [7, 11) is 1.64. The van der Waals surface area contributed by atoms with Gasteiger partial charge in [-0.15, -0.1) is 17.9 Å². The summed E-state index contributed by atoms with van der Waals surface area (Å²) in [4.78, 5) is 20.5. The molecule has 0 radical (unpaired) electrons. The molecule has 3 aromatic rings. The molecule has 1 aromatic carbocycles. The highest BCUT2D eigenvalue weighted by molar-refractivity contribution is 7.99. The van der Waals surface area contributed by atoms with Crippen molar-refractivity contribution in [2.75, 3.05) is 12.9 Å². The number of thiophene rings is 1. The van der Waals surface area contributed by atoms with Crippen LogP contribution in [-0.4, -0.2) is 22.4 Å². The van der Waals surface area contributed by atoms with Gasteiger partial charge in [-0.3, -0.25) is 9.36 Å². The van der Waals surface area contributed by atoms with Gasteiger partial charge in [0.05, 0.1) is 18.2 Å². The molecule has 2 aromatic heterocycles. The summed E-state index contributed by atoms with van der Waals surface area (Å²) >= 11 is 3.22. The van der Waals surface area contributed by atoms with Gasteiger partial charge in [-0.05, 0) is 55.5 Å². The van der Waals surface area contributed by atoms with Gasteiger partial charge in [0.25, 0.3) is 5.56 Å². The van der Waals surface area contributed by atoms with Gasteiger partial charge in [0.2, 0.25) is 0 Å². The molecule has 0 saturated carbocycles. The van der Waals surface area contributed by atoms with Gasteiger partial charge in [0.15, 0.2) is 5.16 Å². The fourth-order valence-electron chi connectivity index (χ4n) is 3.38. The Kier molecular flexibility index (Phi) is 4.87. The van der Waals surface area contributed by atoms with Crippen molar-refractivity contribution in [2.45, 2.75) is 30.8 Å². The molecule has 0 unspecified atom stereocenters. The zero-order valence-corrected chi connectivity index (χ0v) is 16.3. The Morgan fingerprint density at radius 1 is 1.31 bits per heavy atom. The normalized spacial score (nSPS) is 13.6. The van der Waals surface area contributed by atoms with Crippen molar-refractivity contribution in [1.29, 1.82) is 0 Å². The summed E-state index contributed by atoms with van der Waals surface area (Å²) in [6.07, 6.45) is 6.22. The number of thioether (sulfide) groups is 1. The van der Waals surface area contributed by atoms with Crippen LogP contribution < -0.4 is 10.3 Å². The monoisotopic (exact) mass is 384 g/mol. The van der Waals surface area contributed by atoms with Gasteiger partial charge in [0, 0.05) is 10.6 Å². The zero-order chi connectivity index (χ0) is 18.1. The van der Waals surface area contributed by atoms with Gasteiger partial charge >= 0.3 is 0 Å². The third kappa shape index (κ3) is 2.97. The Bertz CT molecular complexity index is 1020. The number of hydrogen-bond donors (Lipinski definition) is 0. The number of aryl methyl sites for hydroxylation is 2. The van der Waals surface area contributed by atoms with E-state index in [9.17, 15) is 4.79 Å². The van der Waals surface area contributed by atoms with Gasteiger partial charge in [-0.25, -0.2) is 4.98 Å². The van der Waals surface area contributed by atoms with Crippen molar-refractivity contribution < 1.29 is 4.74 Å². The van der Waals surface area contributed by atoms with E-state index in [1.807, 2.05) is 30.3 Å². The van der Waals surface area contributed by atoms with Crippen molar-refractivity contribution in [2.24, 2.45) is 0 Å². The number of methoxy groups -OCH3 is 1. The summed E-state index contributed by atoms with van der Waals surface area (Å²) in [5.41, 5.74) is 2.06. The number of nitrogens with zero attached hydrogens (tertiary/aromatic N) is 2. The summed E-state index contributed by atoms with van der Waals surface area (Å²) < 4.78 is 6.98. The minimum absolute atomic E-state index is 0.0335. The number of aromatic nitrogens is 2. The van der Waals surface area contributed by atoms with Crippen LogP contribution in [0.15, 0.2) is 46.9 Å². The predicted molar refractivity (Wildman–Crippen MR) is 109 cm³/mol. The minimum atomic E-state index is 0.0335. The molecular weight excluding hydrogens is 364 g/mol. The van der Waals surface area contributed by atoms with Crippen molar-refractivity contribution in [3.63, 3.8) is 0 Å². The lowest BCUT2D eigenvalue weighted by Crippen LogP contribution is -2.22. The Morgan fingerprint density at radius 3 is 2.81 bits per heavy atom. The first-order valence-corrected chi connectivity index (χ1v) is 10.5. The average molecular weight is 385 g/mol. The Balaban J connectivity index is 1.96. The molecular formula is C20H20N2O2S2. The lowest BCUT2D eigenvalue weighted by molar-refractivity contribution is 0.414. The molecule has 4 rings (SSSR count). The Hall–Kier alpha value is -2.05. The number of benzene rings is 1. The third-order valence-electron chi connectivity index (χ3n) is 4.62. The van der Waals surface area contributed by atoms with Crippen LogP contribution >= 0.6 is 23.1 Å². The second-order valence-corrected chi connectivity index (χ2v) is 8.29. The van der Waals surface area contributed by atoms with E-state index in [2.05, 4.69) is 6.58 Å². The molecule has 0 saturated heterocycles. The van der Waals surface area contributed by atoms with Gasteiger partial charge in [-0.1, -0.05) is 17.8 Å². The predicted octanol–water partition coefficient (Wildman–Crippen LogP) is 4.61. The summed E-state index contributed by atoms with van der Waals surface area (Å²) in [5, 5.41) is 1.52. The molecule has 4 nitrogen and oxygen atoms in total. The maximum atomic E-state index is 13.5. The first kappa shape index (κ1) is 17.4. The second-order valence-electron chi connectivity index (χ2n) is 6.22. The molecule has 0 amide bonds. The molecule has 0 fully saturated rings. The lowest BCUT2D eigenvalue weighted by Gasteiger charge is -2.13. The lowest BCUT2D eigenvalue weighted by atomic mass is 9.97. The van der Waals surface area contributed by atoms with Crippen LogP contribution in [-0.2, 0) is 12.8 Å². The largest absolute Gasteiger partial charge is 0.497 e. The molecule has 6 heteroatoms. The molecule has 0 bridgehead atoms. The van der Waals surface area contributed by atoms with Crippen LogP contribution in [0.2, 0.25) is 0 Å². The van der Waals surface area contributed by atoms with Crippen molar-refractivity contribution >= 4 is 33.3 Å². The molecule has 1 aliphatic rings. The maximum absolute atomic E-state index is 13.5. The first-order valence-electron chi connectivity index (χ1n) is 8.68. The highest BCUT2D eigenvalue weighted by Gasteiger charge is 2.22. The molecule has 2 heterocycles. The maximum Gasteiger partial charge on any atom is 0.267 e. The average Bonchev–Trinajstić information content (AvgIpc) is 3.05.